The number of aliphatic hydroxyl groups is 1. The van der Waals surface area contributed by atoms with Crippen LogP contribution < -0.4 is 5.11 Å². The van der Waals surface area contributed by atoms with Gasteiger partial charge in [0, 0.05) is 31.9 Å². The standard InChI is InChI=1S/C7H15NO3.Zn/c1-8(2,3)5-6(9)4-7(10)11;/h6,9H,4-5H2,1-3H3;/t6-;/m1./s1. The maximum absolute atomic E-state index is 10.0. The largest absolute Gasteiger partial charge is 0.550 e. The molecule has 68 valence electrons. The van der Waals surface area contributed by atoms with Crippen LogP contribution in [0, 0.1) is 0 Å². The fraction of sp³-hybridized carbons (Fsp3) is 0.857. The number of rotatable bonds is 4. The summed E-state index contributed by atoms with van der Waals surface area (Å²) < 4.78 is 0.550. The molecule has 0 aromatic rings. The summed E-state index contributed by atoms with van der Waals surface area (Å²) in [5.74, 6) is -1.20. The van der Waals surface area contributed by atoms with Gasteiger partial charge < -0.3 is 19.5 Å². The maximum atomic E-state index is 10.0. The molecule has 0 spiro atoms. The molecule has 1 N–H and O–H groups in total. The van der Waals surface area contributed by atoms with Gasteiger partial charge in [0.05, 0.1) is 21.1 Å². The molecule has 0 amide bonds. The second kappa shape index (κ2) is 5.62. The quantitative estimate of drug-likeness (QED) is 0.454. The molecule has 1 atom stereocenters. The van der Waals surface area contributed by atoms with Crippen molar-refractivity contribution in [2.75, 3.05) is 27.7 Å². The van der Waals surface area contributed by atoms with Gasteiger partial charge in [0.2, 0.25) is 0 Å². The van der Waals surface area contributed by atoms with Crippen LogP contribution in [-0.4, -0.2) is 49.4 Å². The topological polar surface area (TPSA) is 60.4 Å². The van der Waals surface area contributed by atoms with Crippen molar-refractivity contribution in [3.63, 3.8) is 0 Å². The smallest absolute Gasteiger partial charge is 0.108 e. The number of quaternary nitrogens is 1. The molecular formula is C7H15NO3Zn. The summed E-state index contributed by atoms with van der Waals surface area (Å²) >= 11 is 0. The van der Waals surface area contributed by atoms with E-state index < -0.39 is 12.1 Å². The normalized spacial score (nSPS) is 13.3. The SMILES string of the molecule is C[N+](C)(C)C[C@H](O)CC(=O)[O-].[Zn]. The van der Waals surface area contributed by atoms with Gasteiger partial charge >= 0.3 is 0 Å². The first-order valence-electron chi connectivity index (χ1n) is 3.49. The number of hydrogen-bond acceptors (Lipinski definition) is 3. The van der Waals surface area contributed by atoms with Crippen molar-refractivity contribution < 1.29 is 39.0 Å². The van der Waals surface area contributed by atoms with Gasteiger partial charge in [-0.05, 0) is 0 Å². The van der Waals surface area contributed by atoms with Crippen LogP contribution in [0.3, 0.4) is 0 Å². The number of carboxylic acid groups (broad SMARTS) is 1. The number of carbonyl (C=O) groups is 1. The van der Waals surface area contributed by atoms with E-state index in [-0.39, 0.29) is 25.9 Å². The Morgan fingerprint density at radius 1 is 1.50 bits per heavy atom. The van der Waals surface area contributed by atoms with Crippen LogP contribution in [0.25, 0.3) is 0 Å². The summed E-state index contributed by atoms with van der Waals surface area (Å²) in [6.07, 6.45) is -1.09. The third kappa shape index (κ3) is 10.0. The number of carboxylic acids is 1. The van der Waals surface area contributed by atoms with E-state index in [1.165, 1.54) is 0 Å². The molecule has 12 heavy (non-hydrogen) atoms. The van der Waals surface area contributed by atoms with Gasteiger partial charge in [-0.3, -0.25) is 0 Å². The van der Waals surface area contributed by atoms with Gasteiger partial charge in [-0.25, -0.2) is 0 Å². The van der Waals surface area contributed by atoms with Crippen molar-refractivity contribution in [1.82, 2.24) is 0 Å². The summed E-state index contributed by atoms with van der Waals surface area (Å²) in [7, 11) is 5.66. The molecule has 0 heterocycles. The maximum Gasteiger partial charge on any atom is 0.108 e. The summed E-state index contributed by atoms with van der Waals surface area (Å²) in [5, 5.41) is 19.1. The Hall–Kier alpha value is 0.0134. The van der Waals surface area contributed by atoms with Crippen molar-refractivity contribution >= 4 is 5.97 Å². The van der Waals surface area contributed by atoms with E-state index in [9.17, 15) is 9.90 Å². The Bertz CT molecular complexity index is 144. The molecule has 0 aromatic heterocycles. The number of aliphatic hydroxyl groups excluding tert-OH is 1. The molecule has 0 aliphatic carbocycles. The molecule has 0 saturated heterocycles. The number of hydrogen-bond donors (Lipinski definition) is 1. The molecule has 0 fully saturated rings. The number of nitrogens with zero attached hydrogens (tertiary/aromatic N) is 1. The summed E-state index contributed by atoms with van der Waals surface area (Å²) in [4.78, 5) is 10.0. The fourth-order valence-electron chi connectivity index (χ4n) is 0.889. The predicted molar refractivity (Wildman–Crippen MR) is 38.5 cm³/mol. The van der Waals surface area contributed by atoms with Gasteiger partial charge in [-0.1, -0.05) is 0 Å². The van der Waals surface area contributed by atoms with E-state index in [0.29, 0.717) is 11.0 Å². The molecule has 0 aliphatic rings. The van der Waals surface area contributed by atoms with E-state index in [4.69, 9.17) is 5.11 Å². The molecule has 0 aliphatic heterocycles. The Kier molecular flexibility index (Phi) is 6.81. The summed E-state index contributed by atoms with van der Waals surface area (Å²) in [6.45, 7) is 0.425. The van der Waals surface area contributed by atoms with Gasteiger partial charge in [-0.2, -0.15) is 0 Å². The molecule has 0 aromatic carbocycles. The number of likely N-dealkylation sites (N-methyl/N-ethyl adjacent to an activating group) is 1. The Morgan fingerprint density at radius 3 is 2.17 bits per heavy atom. The van der Waals surface area contributed by atoms with Gasteiger partial charge in [0.1, 0.15) is 12.6 Å². The Labute approximate surface area is 85.5 Å². The number of aliphatic carboxylic acids is 1. The first kappa shape index (κ1) is 14.5. The zero-order chi connectivity index (χ0) is 9.07. The van der Waals surface area contributed by atoms with Crippen molar-refractivity contribution in [2.45, 2.75) is 12.5 Å². The van der Waals surface area contributed by atoms with Crippen LogP contribution in [0.15, 0.2) is 0 Å². The van der Waals surface area contributed by atoms with Crippen molar-refractivity contribution in [2.24, 2.45) is 0 Å². The van der Waals surface area contributed by atoms with Crippen LogP contribution in [0.2, 0.25) is 0 Å². The third-order valence-corrected chi connectivity index (χ3v) is 1.16. The van der Waals surface area contributed by atoms with Crippen molar-refractivity contribution in [3.05, 3.63) is 0 Å². The average Bonchev–Trinajstić information content (AvgIpc) is 1.53. The molecular weight excluding hydrogens is 211 g/mol. The van der Waals surface area contributed by atoms with E-state index in [1.807, 2.05) is 21.1 Å². The van der Waals surface area contributed by atoms with E-state index in [0.717, 1.165) is 0 Å². The monoisotopic (exact) mass is 225 g/mol. The first-order valence-corrected chi connectivity index (χ1v) is 3.49. The van der Waals surface area contributed by atoms with E-state index in [1.54, 1.807) is 0 Å². The minimum Gasteiger partial charge on any atom is -0.550 e. The number of carbonyl (C=O) groups excluding carboxylic acids is 1. The minimum absolute atomic E-state index is 0. The Morgan fingerprint density at radius 2 is 1.92 bits per heavy atom. The van der Waals surface area contributed by atoms with Crippen molar-refractivity contribution in [1.29, 1.82) is 0 Å². The van der Waals surface area contributed by atoms with E-state index in [2.05, 4.69) is 0 Å². The molecule has 0 radical (unpaired) electrons. The van der Waals surface area contributed by atoms with Gasteiger partial charge in [0.15, 0.2) is 0 Å². The van der Waals surface area contributed by atoms with Crippen LogP contribution >= 0.6 is 0 Å². The first-order chi connectivity index (χ1) is 4.81. The third-order valence-electron chi connectivity index (χ3n) is 1.16. The average molecular weight is 227 g/mol. The van der Waals surface area contributed by atoms with Crippen molar-refractivity contribution in [3.8, 4) is 0 Å². The fourth-order valence-corrected chi connectivity index (χ4v) is 0.889. The van der Waals surface area contributed by atoms with Gasteiger partial charge in [0.25, 0.3) is 0 Å². The minimum atomic E-state index is -1.20. The zero-order valence-electron chi connectivity index (χ0n) is 7.91. The zero-order valence-corrected chi connectivity index (χ0v) is 10.9. The molecule has 5 heteroatoms. The molecule has 0 bridgehead atoms. The predicted octanol–water partition coefficient (Wildman–Crippen LogP) is -1.81. The van der Waals surface area contributed by atoms with Crippen LogP contribution in [0.1, 0.15) is 6.42 Å². The summed E-state index contributed by atoms with van der Waals surface area (Å²) in [6, 6.07) is 0. The Balaban J connectivity index is 0. The van der Waals surface area contributed by atoms with E-state index >= 15 is 0 Å². The second-order valence-corrected chi connectivity index (χ2v) is 3.70. The van der Waals surface area contributed by atoms with Crippen LogP contribution in [0.4, 0.5) is 0 Å². The van der Waals surface area contributed by atoms with Gasteiger partial charge in [-0.15, -0.1) is 0 Å². The molecule has 0 unspecified atom stereocenters. The second-order valence-electron chi connectivity index (χ2n) is 3.70. The summed E-state index contributed by atoms with van der Waals surface area (Å²) in [5.41, 5.74) is 0. The molecule has 4 nitrogen and oxygen atoms in total. The molecule has 0 saturated carbocycles. The van der Waals surface area contributed by atoms with Crippen LogP contribution in [-0.2, 0) is 24.3 Å². The molecule has 0 rings (SSSR count). The van der Waals surface area contributed by atoms with Crippen LogP contribution in [0.5, 0.6) is 0 Å².